The maximum Gasteiger partial charge on any atom is 0.279 e. The van der Waals surface area contributed by atoms with Crippen LogP contribution in [0.3, 0.4) is 0 Å². The monoisotopic (exact) mass is 504 g/mol. The molecule has 0 fully saturated rings. The van der Waals surface area contributed by atoms with Crippen molar-refractivity contribution in [2.24, 2.45) is 5.14 Å². The van der Waals surface area contributed by atoms with Crippen molar-refractivity contribution in [3.05, 3.63) is 94.5 Å². The molecular formula is C25H21FN6O3S. The molecule has 0 bridgehead atoms. The Morgan fingerprint density at radius 2 is 1.64 bits per heavy atom. The molecule has 0 amide bonds. The first-order valence-corrected chi connectivity index (χ1v) is 12.5. The normalized spacial score (nSPS) is 11.7. The average molecular weight is 505 g/mol. The van der Waals surface area contributed by atoms with Crippen LogP contribution in [0.15, 0.2) is 82.5 Å². The third-order valence-electron chi connectivity index (χ3n) is 5.78. The molecule has 0 aliphatic carbocycles. The first kappa shape index (κ1) is 23.4. The van der Waals surface area contributed by atoms with E-state index in [1.807, 2.05) is 0 Å². The summed E-state index contributed by atoms with van der Waals surface area (Å²) in [5, 5.41) is 8.82. The van der Waals surface area contributed by atoms with Gasteiger partial charge in [0, 0.05) is 12.2 Å². The predicted octanol–water partition coefficient (Wildman–Crippen LogP) is 2.96. The zero-order chi connectivity index (χ0) is 25.4. The number of sulfonamides is 1. The number of nitrogens with zero attached hydrogens (tertiary/aromatic N) is 3. The summed E-state index contributed by atoms with van der Waals surface area (Å²) in [6.45, 7) is 0.424. The van der Waals surface area contributed by atoms with Crippen molar-refractivity contribution >= 4 is 43.6 Å². The summed E-state index contributed by atoms with van der Waals surface area (Å²) in [5.41, 5.74) is 8.92. The molecule has 0 saturated carbocycles. The lowest BCUT2D eigenvalue weighted by Gasteiger charge is -2.10. The highest BCUT2D eigenvalue weighted by molar-refractivity contribution is 7.89. The van der Waals surface area contributed by atoms with Crippen molar-refractivity contribution in [3.8, 4) is 5.69 Å². The van der Waals surface area contributed by atoms with E-state index in [-0.39, 0.29) is 22.0 Å². The van der Waals surface area contributed by atoms with Gasteiger partial charge in [0.05, 0.1) is 15.8 Å². The van der Waals surface area contributed by atoms with Crippen LogP contribution in [0.25, 0.3) is 27.8 Å². The molecule has 36 heavy (non-hydrogen) atoms. The van der Waals surface area contributed by atoms with Gasteiger partial charge in [-0.05, 0) is 60.5 Å². The molecular weight excluding hydrogens is 483 g/mol. The predicted molar refractivity (Wildman–Crippen MR) is 137 cm³/mol. The lowest BCUT2D eigenvalue weighted by Crippen LogP contribution is -2.12. The molecule has 0 spiro atoms. The smallest absolute Gasteiger partial charge is 0.279 e. The zero-order valence-electron chi connectivity index (χ0n) is 18.8. The van der Waals surface area contributed by atoms with Crippen molar-refractivity contribution < 1.29 is 12.8 Å². The number of nitrogens with two attached hydrogens (primary N) is 2. The Hall–Kier alpha value is -4.35. The maximum absolute atomic E-state index is 13.2. The molecule has 5 N–H and O–H groups in total. The molecule has 5 rings (SSSR count). The quantitative estimate of drug-likeness (QED) is 0.322. The molecule has 3 aromatic carbocycles. The third kappa shape index (κ3) is 4.37. The molecule has 0 unspecified atom stereocenters. The Kier molecular flexibility index (Phi) is 5.86. The van der Waals surface area contributed by atoms with Gasteiger partial charge in [-0.25, -0.2) is 27.9 Å². The fourth-order valence-electron chi connectivity index (χ4n) is 4.01. The number of nitrogens with one attached hydrogen (secondary N) is 1. The topological polar surface area (TPSA) is 146 Å². The standard InChI is InChI=1S/C25H21FN6O3S/c26-16-7-5-15(6-8-16)13-14-29-21-22-24(30-20-4-2-1-3-19(20)25(33)31-22)32(23(21)27)17-9-11-18(12-10-17)36(28,34)35/h1-12,29H,13-14,27H2,(H2,28,34,35). The molecule has 11 heteroatoms. The number of anilines is 2. The second-order valence-electron chi connectivity index (χ2n) is 8.16. The Balaban J connectivity index is 1.66. The van der Waals surface area contributed by atoms with Gasteiger partial charge in [-0.15, -0.1) is 0 Å². The minimum Gasteiger partial charge on any atom is -0.383 e. The van der Waals surface area contributed by atoms with Gasteiger partial charge in [0.1, 0.15) is 22.8 Å². The zero-order valence-corrected chi connectivity index (χ0v) is 19.7. The van der Waals surface area contributed by atoms with Gasteiger partial charge in [-0.1, -0.05) is 24.3 Å². The van der Waals surface area contributed by atoms with Crippen molar-refractivity contribution in [3.63, 3.8) is 0 Å². The molecule has 2 aromatic heterocycles. The first-order chi connectivity index (χ1) is 17.2. The summed E-state index contributed by atoms with van der Waals surface area (Å²) in [4.78, 5) is 21.9. The first-order valence-electron chi connectivity index (χ1n) is 10.9. The molecule has 0 saturated heterocycles. The number of benzene rings is 3. The average Bonchev–Trinajstić information content (AvgIpc) is 3.00. The minimum atomic E-state index is -3.88. The van der Waals surface area contributed by atoms with E-state index in [4.69, 9.17) is 15.9 Å². The second-order valence-corrected chi connectivity index (χ2v) is 9.72. The largest absolute Gasteiger partial charge is 0.383 e. The van der Waals surface area contributed by atoms with Gasteiger partial charge in [0.25, 0.3) is 5.56 Å². The number of hydrogen-bond donors (Lipinski definition) is 3. The van der Waals surface area contributed by atoms with Gasteiger partial charge in [-0.2, -0.15) is 0 Å². The van der Waals surface area contributed by atoms with Crippen molar-refractivity contribution in [2.75, 3.05) is 17.6 Å². The van der Waals surface area contributed by atoms with Crippen LogP contribution in [0.2, 0.25) is 0 Å². The highest BCUT2D eigenvalue weighted by Gasteiger charge is 2.20. The van der Waals surface area contributed by atoms with Crippen LogP contribution in [0.1, 0.15) is 5.56 Å². The molecule has 5 aromatic rings. The van der Waals surface area contributed by atoms with Gasteiger partial charge in [-0.3, -0.25) is 9.36 Å². The minimum absolute atomic E-state index is 0.0529. The van der Waals surface area contributed by atoms with E-state index >= 15 is 0 Å². The lowest BCUT2D eigenvalue weighted by molar-refractivity contribution is 0.598. The molecule has 0 atom stereocenters. The van der Waals surface area contributed by atoms with Gasteiger partial charge < -0.3 is 11.1 Å². The van der Waals surface area contributed by atoms with Crippen molar-refractivity contribution in [2.45, 2.75) is 11.3 Å². The Morgan fingerprint density at radius 3 is 2.33 bits per heavy atom. The Morgan fingerprint density at radius 1 is 0.944 bits per heavy atom. The van der Waals surface area contributed by atoms with Crippen molar-refractivity contribution in [1.82, 2.24) is 14.5 Å². The summed E-state index contributed by atoms with van der Waals surface area (Å²) in [7, 11) is -3.88. The Labute approximate surface area is 205 Å². The molecule has 0 aliphatic heterocycles. The number of hydrogen-bond acceptors (Lipinski definition) is 7. The number of nitrogen functional groups attached to an aromatic ring is 1. The number of halogens is 1. The van der Waals surface area contributed by atoms with Crippen LogP contribution < -0.4 is 21.7 Å². The van der Waals surface area contributed by atoms with Crippen molar-refractivity contribution in [1.29, 1.82) is 0 Å². The second kappa shape index (κ2) is 9.02. The maximum atomic E-state index is 13.2. The molecule has 0 aliphatic rings. The highest BCUT2D eigenvalue weighted by Crippen LogP contribution is 2.33. The Bertz CT molecular complexity index is 1770. The highest BCUT2D eigenvalue weighted by atomic mass is 32.2. The van der Waals surface area contributed by atoms with Crippen LogP contribution >= 0.6 is 0 Å². The van der Waals surface area contributed by atoms with Crippen LogP contribution in [-0.2, 0) is 16.4 Å². The van der Waals surface area contributed by atoms with E-state index in [0.717, 1.165) is 5.56 Å². The van der Waals surface area contributed by atoms with Crippen LogP contribution in [-0.4, -0.2) is 29.5 Å². The van der Waals surface area contributed by atoms with E-state index in [1.54, 1.807) is 53.1 Å². The SMILES string of the molecule is Nc1c(NCCc2ccc(F)cc2)c2nc(=O)c3ccccc3nc2n1-c1ccc(S(N)(=O)=O)cc1. The van der Waals surface area contributed by atoms with Gasteiger partial charge >= 0.3 is 0 Å². The van der Waals surface area contributed by atoms with Crippen LogP contribution in [0.4, 0.5) is 15.9 Å². The van der Waals surface area contributed by atoms with Crippen LogP contribution in [0.5, 0.6) is 0 Å². The van der Waals surface area contributed by atoms with Gasteiger partial charge in [0.2, 0.25) is 10.0 Å². The lowest BCUT2D eigenvalue weighted by atomic mass is 10.1. The number of para-hydroxylation sites is 1. The van der Waals surface area contributed by atoms with E-state index in [1.165, 1.54) is 24.3 Å². The number of rotatable bonds is 6. The summed E-state index contributed by atoms with van der Waals surface area (Å²) in [6.07, 6.45) is 0.564. The molecule has 182 valence electrons. The molecule has 9 nitrogen and oxygen atoms in total. The number of primary sulfonamides is 1. The fraction of sp³-hybridized carbons (Fsp3) is 0.0800. The number of fused-ring (bicyclic) bond motifs is 2. The van der Waals surface area contributed by atoms with Gasteiger partial charge in [0.15, 0.2) is 5.65 Å². The van der Waals surface area contributed by atoms with E-state index in [0.29, 0.717) is 40.9 Å². The van der Waals surface area contributed by atoms with E-state index < -0.39 is 15.6 Å². The summed E-state index contributed by atoms with van der Waals surface area (Å²) >= 11 is 0. The van der Waals surface area contributed by atoms with E-state index in [9.17, 15) is 17.6 Å². The third-order valence-corrected chi connectivity index (χ3v) is 6.71. The summed E-state index contributed by atoms with van der Waals surface area (Å²) in [6, 6.07) is 18.8. The fourth-order valence-corrected chi connectivity index (χ4v) is 4.52. The van der Waals surface area contributed by atoms with Crippen LogP contribution in [0, 0.1) is 5.82 Å². The van der Waals surface area contributed by atoms with E-state index in [2.05, 4.69) is 10.3 Å². The number of aromatic nitrogens is 3. The summed E-state index contributed by atoms with van der Waals surface area (Å²) in [5.74, 6) is -0.0764. The molecule has 2 heterocycles. The molecule has 0 radical (unpaired) electrons. The summed E-state index contributed by atoms with van der Waals surface area (Å²) < 4.78 is 38.2.